The highest BCUT2D eigenvalue weighted by atomic mass is 16.6. The van der Waals surface area contributed by atoms with E-state index in [1.54, 1.807) is 20.3 Å². The predicted molar refractivity (Wildman–Crippen MR) is 115 cm³/mol. The van der Waals surface area contributed by atoms with E-state index in [2.05, 4.69) is 22.6 Å². The van der Waals surface area contributed by atoms with Crippen molar-refractivity contribution in [1.29, 1.82) is 0 Å². The van der Waals surface area contributed by atoms with Gasteiger partial charge in [-0.1, -0.05) is 59.8 Å². The van der Waals surface area contributed by atoms with E-state index in [-0.39, 0.29) is 12.5 Å². The summed E-state index contributed by atoms with van der Waals surface area (Å²) in [6.07, 6.45) is 0. The summed E-state index contributed by atoms with van der Waals surface area (Å²) in [6, 6.07) is 21.6. The Labute approximate surface area is 175 Å². The van der Waals surface area contributed by atoms with Gasteiger partial charge in [0.1, 0.15) is 5.71 Å². The fourth-order valence-corrected chi connectivity index (χ4v) is 3.49. The average molecular weight is 402 g/mol. The van der Waals surface area contributed by atoms with Crippen LogP contribution in [0.25, 0.3) is 11.1 Å². The Bertz CT molecular complexity index is 1060. The minimum absolute atomic E-state index is 0.166. The lowest BCUT2D eigenvalue weighted by atomic mass is 10.1. The molecular weight excluding hydrogens is 380 g/mol. The van der Waals surface area contributed by atoms with Gasteiger partial charge in [0.05, 0.1) is 14.2 Å². The van der Waals surface area contributed by atoms with Crippen LogP contribution >= 0.6 is 0 Å². The molecule has 1 amide bonds. The first-order chi connectivity index (χ1) is 14.7. The lowest BCUT2D eigenvalue weighted by Gasteiger charge is -2.10. The minimum atomic E-state index is -0.256. The second-order valence-corrected chi connectivity index (χ2v) is 6.77. The highest BCUT2D eigenvalue weighted by Gasteiger charge is 2.24. The molecule has 0 heterocycles. The van der Waals surface area contributed by atoms with Crippen molar-refractivity contribution in [2.45, 2.75) is 6.54 Å². The number of fused-ring (bicyclic) bond motifs is 3. The van der Waals surface area contributed by atoms with Gasteiger partial charge in [-0.2, -0.15) is 0 Å². The maximum atomic E-state index is 12.2. The number of carbonyl (C=O) groups is 1. The number of nitrogens with one attached hydrogen (secondary N) is 1. The van der Waals surface area contributed by atoms with Crippen molar-refractivity contribution >= 4 is 11.6 Å². The summed E-state index contributed by atoms with van der Waals surface area (Å²) in [4.78, 5) is 17.6. The van der Waals surface area contributed by atoms with Crippen molar-refractivity contribution in [3.8, 4) is 22.6 Å². The van der Waals surface area contributed by atoms with E-state index < -0.39 is 0 Å². The number of benzene rings is 3. The van der Waals surface area contributed by atoms with Crippen LogP contribution in [0.4, 0.5) is 0 Å². The molecule has 0 bridgehead atoms. The number of hydrogen-bond acceptors (Lipinski definition) is 5. The molecule has 6 heteroatoms. The number of amides is 1. The molecule has 0 aliphatic heterocycles. The molecule has 0 fully saturated rings. The molecule has 0 radical (unpaired) electrons. The van der Waals surface area contributed by atoms with E-state index >= 15 is 0 Å². The molecule has 4 rings (SSSR count). The molecule has 0 atom stereocenters. The van der Waals surface area contributed by atoms with E-state index in [4.69, 9.17) is 14.3 Å². The molecule has 3 aromatic rings. The highest BCUT2D eigenvalue weighted by molar-refractivity contribution is 6.24. The largest absolute Gasteiger partial charge is 0.493 e. The summed E-state index contributed by atoms with van der Waals surface area (Å²) in [6.45, 7) is 0.186. The topological polar surface area (TPSA) is 69.2 Å². The smallest absolute Gasteiger partial charge is 0.261 e. The quantitative estimate of drug-likeness (QED) is 0.478. The van der Waals surface area contributed by atoms with Crippen LogP contribution in [0, 0.1) is 0 Å². The normalized spacial score (nSPS) is 11.3. The number of rotatable bonds is 7. The third-order valence-electron chi connectivity index (χ3n) is 4.94. The third kappa shape index (κ3) is 3.85. The number of methoxy groups -OCH3 is 2. The van der Waals surface area contributed by atoms with E-state index in [1.165, 1.54) is 0 Å². The van der Waals surface area contributed by atoms with Crippen molar-refractivity contribution in [3.63, 3.8) is 0 Å². The van der Waals surface area contributed by atoms with Crippen LogP contribution in [0.3, 0.4) is 0 Å². The molecule has 0 spiro atoms. The van der Waals surface area contributed by atoms with Crippen LogP contribution in [-0.2, 0) is 16.2 Å². The molecular formula is C24H22N2O4. The summed E-state index contributed by atoms with van der Waals surface area (Å²) >= 11 is 0. The fraction of sp³-hybridized carbons (Fsp3) is 0.167. The van der Waals surface area contributed by atoms with Crippen molar-refractivity contribution in [2.75, 3.05) is 20.8 Å². The molecule has 0 saturated carbocycles. The van der Waals surface area contributed by atoms with E-state index in [0.29, 0.717) is 18.0 Å². The average Bonchev–Trinajstić information content (AvgIpc) is 3.11. The zero-order valence-corrected chi connectivity index (χ0v) is 16.8. The Balaban J connectivity index is 1.39. The van der Waals surface area contributed by atoms with E-state index in [9.17, 15) is 4.79 Å². The second kappa shape index (κ2) is 8.69. The highest BCUT2D eigenvalue weighted by Crippen LogP contribution is 2.36. The summed E-state index contributed by atoms with van der Waals surface area (Å²) in [5, 5.41) is 7.09. The number of hydrogen-bond donors (Lipinski definition) is 1. The van der Waals surface area contributed by atoms with Gasteiger partial charge in [0.2, 0.25) is 0 Å². The Morgan fingerprint density at radius 1 is 0.833 bits per heavy atom. The standard InChI is InChI=1S/C24H22N2O4/c1-28-21-12-11-16(13-22(21)29-2)14-25-23(27)15-30-26-24-19-9-5-3-7-17(19)18-8-4-6-10-20(18)24/h3-13H,14-15H2,1-2H3,(H,25,27). The molecule has 0 unspecified atom stereocenters. The number of oxime groups is 1. The van der Waals surface area contributed by atoms with Crippen LogP contribution < -0.4 is 14.8 Å². The summed E-state index contributed by atoms with van der Waals surface area (Å²) in [7, 11) is 3.16. The molecule has 1 N–H and O–H groups in total. The Kier molecular flexibility index (Phi) is 5.66. The van der Waals surface area contributed by atoms with Crippen LogP contribution in [0.2, 0.25) is 0 Å². The Morgan fingerprint density at radius 2 is 1.43 bits per heavy atom. The van der Waals surface area contributed by atoms with E-state index in [0.717, 1.165) is 33.5 Å². The first-order valence-corrected chi connectivity index (χ1v) is 9.58. The fourth-order valence-electron chi connectivity index (χ4n) is 3.49. The Hall–Kier alpha value is -3.80. The summed E-state index contributed by atoms with van der Waals surface area (Å²) in [5.74, 6) is 1.00. The SMILES string of the molecule is COc1ccc(CNC(=O)CON=C2c3ccccc3-c3ccccc32)cc1OC. The zero-order chi connectivity index (χ0) is 20.9. The molecule has 1 aliphatic rings. The summed E-state index contributed by atoms with van der Waals surface area (Å²) in [5.41, 5.74) is 5.88. The minimum Gasteiger partial charge on any atom is -0.493 e. The first-order valence-electron chi connectivity index (χ1n) is 9.58. The van der Waals surface area contributed by atoms with Gasteiger partial charge in [0, 0.05) is 17.7 Å². The van der Waals surface area contributed by atoms with Crippen LogP contribution in [-0.4, -0.2) is 32.4 Å². The maximum Gasteiger partial charge on any atom is 0.261 e. The van der Waals surface area contributed by atoms with Crippen LogP contribution in [0.5, 0.6) is 11.5 Å². The van der Waals surface area contributed by atoms with Crippen molar-refractivity contribution in [3.05, 3.63) is 83.4 Å². The van der Waals surface area contributed by atoms with Gasteiger partial charge in [-0.25, -0.2) is 0 Å². The second-order valence-electron chi connectivity index (χ2n) is 6.77. The van der Waals surface area contributed by atoms with E-state index in [1.807, 2.05) is 48.5 Å². The van der Waals surface area contributed by atoms with Crippen LogP contribution in [0.15, 0.2) is 71.9 Å². The first kappa shape index (κ1) is 19.5. The van der Waals surface area contributed by atoms with Gasteiger partial charge in [-0.3, -0.25) is 4.79 Å². The number of ether oxygens (including phenoxy) is 2. The van der Waals surface area contributed by atoms with Crippen molar-refractivity contribution in [1.82, 2.24) is 5.32 Å². The summed E-state index contributed by atoms with van der Waals surface area (Å²) < 4.78 is 10.5. The molecule has 6 nitrogen and oxygen atoms in total. The molecule has 30 heavy (non-hydrogen) atoms. The third-order valence-corrected chi connectivity index (χ3v) is 4.94. The number of carbonyl (C=O) groups excluding carboxylic acids is 1. The van der Waals surface area contributed by atoms with Crippen molar-refractivity contribution < 1.29 is 19.1 Å². The van der Waals surface area contributed by atoms with Crippen molar-refractivity contribution in [2.24, 2.45) is 5.16 Å². The molecule has 3 aromatic carbocycles. The molecule has 0 aromatic heterocycles. The van der Waals surface area contributed by atoms with Gasteiger partial charge >= 0.3 is 0 Å². The lowest BCUT2D eigenvalue weighted by molar-refractivity contribution is -0.125. The monoisotopic (exact) mass is 402 g/mol. The van der Waals surface area contributed by atoms with Gasteiger partial charge < -0.3 is 19.6 Å². The predicted octanol–water partition coefficient (Wildman–Crippen LogP) is 3.77. The maximum absolute atomic E-state index is 12.2. The van der Waals surface area contributed by atoms with Crippen LogP contribution in [0.1, 0.15) is 16.7 Å². The number of nitrogens with zero attached hydrogens (tertiary/aromatic N) is 1. The molecule has 1 aliphatic carbocycles. The Morgan fingerprint density at radius 3 is 2.03 bits per heavy atom. The van der Waals surface area contributed by atoms with Gasteiger partial charge in [-0.15, -0.1) is 0 Å². The molecule has 152 valence electrons. The van der Waals surface area contributed by atoms with Gasteiger partial charge in [0.25, 0.3) is 5.91 Å². The molecule has 0 saturated heterocycles. The lowest BCUT2D eigenvalue weighted by Crippen LogP contribution is -2.26. The van der Waals surface area contributed by atoms with Gasteiger partial charge in [0.15, 0.2) is 18.1 Å². The van der Waals surface area contributed by atoms with Gasteiger partial charge in [-0.05, 0) is 28.8 Å². The zero-order valence-electron chi connectivity index (χ0n) is 16.8.